The molecule has 0 spiro atoms. The summed E-state index contributed by atoms with van der Waals surface area (Å²) in [5.41, 5.74) is 5.73. The normalized spacial score (nSPS) is 15.1. The summed E-state index contributed by atoms with van der Waals surface area (Å²) >= 11 is 0. The molecule has 2 aromatic heterocycles. The second-order valence-electron chi connectivity index (χ2n) is 8.85. The molecule has 1 aliphatic rings. The third kappa shape index (κ3) is 4.24. The molecule has 172 valence electrons. The van der Waals surface area contributed by atoms with Gasteiger partial charge in [0.2, 0.25) is 0 Å². The molecule has 1 atom stereocenters. The van der Waals surface area contributed by atoms with E-state index in [-0.39, 0.29) is 17.7 Å². The third-order valence-electron chi connectivity index (χ3n) is 6.22. The summed E-state index contributed by atoms with van der Waals surface area (Å²) in [6, 6.07) is 21.2. The Balaban J connectivity index is 1.52. The largest absolute Gasteiger partial charge is 0.357 e. The quantitative estimate of drug-likeness (QED) is 0.464. The van der Waals surface area contributed by atoms with Crippen LogP contribution < -0.4 is 5.32 Å². The second-order valence-corrected chi connectivity index (χ2v) is 8.85. The summed E-state index contributed by atoms with van der Waals surface area (Å²) in [7, 11) is 0. The second kappa shape index (κ2) is 9.02. The van der Waals surface area contributed by atoms with Crippen LogP contribution in [0.5, 0.6) is 0 Å². The first-order valence-electron chi connectivity index (χ1n) is 11.4. The number of nitrogens with zero attached hydrogens (tertiary/aromatic N) is 3. The van der Waals surface area contributed by atoms with Gasteiger partial charge in [0.1, 0.15) is 5.69 Å². The van der Waals surface area contributed by atoms with Crippen molar-refractivity contribution in [1.29, 1.82) is 0 Å². The molecule has 3 heterocycles. The van der Waals surface area contributed by atoms with Crippen LogP contribution in [0.15, 0.2) is 72.9 Å². The van der Waals surface area contributed by atoms with E-state index in [0.29, 0.717) is 36.7 Å². The molecule has 34 heavy (non-hydrogen) atoms. The van der Waals surface area contributed by atoms with Gasteiger partial charge in [-0.25, -0.2) is 0 Å². The zero-order chi connectivity index (χ0) is 23.7. The van der Waals surface area contributed by atoms with Crippen LogP contribution in [0.1, 0.15) is 56.2 Å². The first-order chi connectivity index (χ1) is 16.5. The predicted octanol–water partition coefficient (Wildman–Crippen LogP) is 4.58. The van der Waals surface area contributed by atoms with E-state index in [1.54, 1.807) is 17.2 Å². The fourth-order valence-corrected chi connectivity index (χ4v) is 4.56. The summed E-state index contributed by atoms with van der Waals surface area (Å²) in [5, 5.41) is 7.73. The molecular formula is C27H27N5O2. The smallest absolute Gasteiger partial charge is 0.276 e. The molecule has 2 amide bonds. The van der Waals surface area contributed by atoms with Gasteiger partial charge in [-0.2, -0.15) is 5.10 Å². The van der Waals surface area contributed by atoms with Crippen molar-refractivity contribution in [2.45, 2.75) is 32.9 Å². The number of aromatic amines is 1. The summed E-state index contributed by atoms with van der Waals surface area (Å²) in [6.07, 6.45) is 1.74. The number of hydrogen-bond donors (Lipinski definition) is 2. The minimum absolute atomic E-state index is 0.0267. The molecule has 2 N–H and O–H groups in total. The Morgan fingerprint density at radius 1 is 1.06 bits per heavy atom. The van der Waals surface area contributed by atoms with Crippen LogP contribution in [0.3, 0.4) is 0 Å². The van der Waals surface area contributed by atoms with Gasteiger partial charge in [0, 0.05) is 35.6 Å². The first-order valence-corrected chi connectivity index (χ1v) is 11.4. The lowest BCUT2D eigenvalue weighted by atomic mass is 9.95. The molecule has 4 aromatic rings. The zero-order valence-electron chi connectivity index (χ0n) is 19.3. The van der Waals surface area contributed by atoms with Crippen molar-refractivity contribution in [2.75, 3.05) is 11.9 Å². The number of nitrogens with one attached hydrogen (secondary N) is 2. The number of carbonyl (C=O) groups is 2. The number of H-pyrrole nitrogens is 1. The van der Waals surface area contributed by atoms with Crippen LogP contribution in [0.25, 0.3) is 0 Å². The van der Waals surface area contributed by atoms with E-state index in [2.05, 4.69) is 48.4 Å². The molecule has 5 rings (SSSR count). The van der Waals surface area contributed by atoms with Crippen LogP contribution in [0.2, 0.25) is 0 Å². The Morgan fingerprint density at radius 2 is 1.82 bits per heavy atom. The van der Waals surface area contributed by atoms with Gasteiger partial charge in [-0.15, -0.1) is 0 Å². The molecule has 0 radical (unpaired) electrons. The molecule has 0 saturated heterocycles. The average molecular weight is 454 g/mol. The van der Waals surface area contributed by atoms with Crippen LogP contribution in [0, 0.1) is 6.92 Å². The number of aromatic nitrogens is 3. The molecule has 0 bridgehead atoms. The number of benzene rings is 2. The van der Waals surface area contributed by atoms with Crippen molar-refractivity contribution in [3.8, 4) is 0 Å². The minimum atomic E-state index is -0.272. The van der Waals surface area contributed by atoms with E-state index < -0.39 is 0 Å². The number of hydrogen-bond acceptors (Lipinski definition) is 3. The van der Waals surface area contributed by atoms with Crippen molar-refractivity contribution in [2.24, 2.45) is 0 Å². The lowest BCUT2D eigenvalue weighted by Crippen LogP contribution is -2.38. The van der Waals surface area contributed by atoms with Crippen molar-refractivity contribution in [3.05, 3.63) is 107 Å². The molecule has 0 saturated carbocycles. The Hall–Kier alpha value is -4.13. The van der Waals surface area contributed by atoms with Crippen molar-refractivity contribution < 1.29 is 9.59 Å². The number of amides is 2. The molecule has 0 aliphatic carbocycles. The maximum Gasteiger partial charge on any atom is 0.276 e. The fraction of sp³-hybridized carbons (Fsp3) is 0.222. The highest BCUT2D eigenvalue weighted by Crippen LogP contribution is 2.32. The number of para-hydroxylation sites is 1. The van der Waals surface area contributed by atoms with E-state index in [0.717, 1.165) is 16.8 Å². The molecule has 7 heteroatoms. The first kappa shape index (κ1) is 21.7. The number of carbonyl (C=O) groups excluding carboxylic acids is 2. The molecule has 7 nitrogen and oxygen atoms in total. The lowest BCUT2D eigenvalue weighted by Gasteiger charge is -2.32. The maximum absolute atomic E-state index is 13.3. The minimum Gasteiger partial charge on any atom is -0.357 e. The molecular weight excluding hydrogens is 426 g/mol. The predicted molar refractivity (Wildman–Crippen MR) is 131 cm³/mol. The SMILES string of the molecule is Cc1ccc(Cn2nc(C(=O)Nc3ccccc3)c3c2[C@H](C)CN(C(=O)c2ccc[nH]2)C3)cc1. The Labute approximate surface area is 198 Å². The van der Waals surface area contributed by atoms with Crippen LogP contribution >= 0.6 is 0 Å². The summed E-state index contributed by atoms with van der Waals surface area (Å²) in [6.45, 7) is 5.60. The highest BCUT2D eigenvalue weighted by Gasteiger charge is 2.34. The highest BCUT2D eigenvalue weighted by molar-refractivity contribution is 6.04. The molecule has 2 aromatic carbocycles. The highest BCUT2D eigenvalue weighted by atomic mass is 16.2. The maximum atomic E-state index is 13.3. The monoisotopic (exact) mass is 453 g/mol. The van der Waals surface area contributed by atoms with Crippen LogP contribution in [0.4, 0.5) is 5.69 Å². The van der Waals surface area contributed by atoms with Gasteiger partial charge in [0.25, 0.3) is 11.8 Å². The van der Waals surface area contributed by atoms with Gasteiger partial charge in [0.05, 0.1) is 13.1 Å². The van der Waals surface area contributed by atoms with Gasteiger partial charge >= 0.3 is 0 Å². The molecule has 0 unspecified atom stereocenters. The van der Waals surface area contributed by atoms with Gasteiger partial charge in [0.15, 0.2) is 5.69 Å². The zero-order valence-corrected chi connectivity index (χ0v) is 19.3. The summed E-state index contributed by atoms with van der Waals surface area (Å²) < 4.78 is 1.93. The number of anilines is 1. The number of rotatable bonds is 5. The van der Waals surface area contributed by atoms with E-state index in [1.165, 1.54) is 5.56 Å². The van der Waals surface area contributed by atoms with Crippen molar-refractivity contribution in [1.82, 2.24) is 19.7 Å². The topological polar surface area (TPSA) is 83.0 Å². The van der Waals surface area contributed by atoms with Crippen molar-refractivity contribution >= 4 is 17.5 Å². The van der Waals surface area contributed by atoms with Crippen LogP contribution in [-0.2, 0) is 13.1 Å². The lowest BCUT2D eigenvalue weighted by molar-refractivity contribution is 0.0711. The van der Waals surface area contributed by atoms with Crippen LogP contribution in [-0.4, -0.2) is 38.0 Å². The van der Waals surface area contributed by atoms with Gasteiger partial charge in [-0.3, -0.25) is 14.3 Å². The van der Waals surface area contributed by atoms with Crippen molar-refractivity contribution in [3.63, 3.8) is 0 Å². The van der Waals surface area contributed by atoms with Gasteiger partial charge in [-0.05, 0) is 36.8 Å². The Morgan fingerprint density at radius 3 is 2.53 bits per heavy atom. The summed E-state index contributed by atoms with van der Waals surface area (Å²) in [4.78, 5) is 31.2. The van der Waals surface area contributed by atoms with Gasteiger partial charge < -0.3 is 15.2 Å². The van der Waals surface area contributed by atoms with E-state index in [9.17, 15) is 9.59 Å². The number of fused-ring (bicyclic) bond motifs is 1. The van der Waals surface area contributed by atoms with E-state index in [4.69, 9.17) is 5.10 Å². The van der Waals surface area contributed by atoms with E-state index >= 15 is 0 Å². The fourth-order valence-electron chi connectivity index (χ4n) is 4.56. The standard InChI is InChI=1S/C27H27N5O2/c1-18-10-12-20(13-11-18)16-32-25-19(2)15-31(27(34)23-9-6-14-28-23)17-22(25)24(30-32)26(33)29-21-7-4-3-5-8-21/h3-14,19,28H,15-17H2,1-2H3,(H,29,33)/t19-/m1/s1. The third-order valence-corrected chi connectivity index (χ3v) is 6.22. The Bertz CT molecular complexity index is 1310. The molecule has 1 aliphatic heterocycles. The van der Waals surface area contributed by atoms with E-state index in [1.807, 2.05) is 41.1 Å². The molecule has 0 fully saturated rings. The van der Waals surface area contributed by atoms with Gasteiger partial charge in [-0.1, -0.05) is 55.0 Å². The summed E-state index contributed by atoms with van der Waals surface area (Å²) in [5.74, 6) is -0.325. The average Bonchev–Trinajstić information content (AvgIpc) is 3.50. The Kier molecular flexibility index (Phi) is 5.76. The number of aryl methyl sites for hydroxylation is 1.